The number of benzene rings is 2. The third kappa shape index (κ3) is 4.04. The molecule has 144 valence electrons. The number of aromatic nitrogens is 2. The number of aromatic hydroxyl groups is 1. The van der Waals surface area contributed by atoms with Crippen LogP contribution in [-0.2, 0) is 6.54 Å². The van der Waals surface area contributed by atoms with Gasteiger partial charge in [-0.2, -0.15) is 5.10 Å². The fraction of sp³-hybridized carbons (Fsp3) is 0.273. The number of piperidine rings is 1. The van der Waals surface area contributed by atoms with Gasteiger partial charge in [-0.15, -0.1) is 0 Å². The van der Waals surface area contributed by atoms with E-state index in [1.54, 1.807) is 29.2 Å². The maximum atomic E-state index is 12.8. The number of hydrogen-bond donors (Lipinski definition) is 1. The molecule has 0 spiro atoms. The first-order valence-electron chi connectivity index (χ1n) is 9.44. The summed E-state index contributed by atoms with van der Waals surface area (Å²) in [6.07, 6.45) is 5.26. The molecule has 2 heterocycles. The van der Waals surface area contributed by atoms with Gasteiger partial charge in [0, 0.05) is 24.3 Å². The molecule has 4 rings (SSSR count). The summed E-state index contributed by atoms with van der Waals surface area (Å²) < 4.78 is 1.75. The molecule has 1 fully saturated rings. The molecule has 0 radical (unpaired) electrons. The average molecular weight is 396 g/mol. The quantitative estimate of drug-likeness (QED) is 0.716. The molecule has 1 N–H and O–H groups in total. The minimum Gasteiger partial charge on any atom is -0.508 e. The monoisotopic (exact) mass is 395 g/mol. The zero-order valence-electron chi connectivity index (χ0n) is 15.5. The van der Waals surface area contributed by atoms with Crippen molar-refractivity contribution < 1.29 is 9.90 Å². The van der Waals surface area contributed by atoms with E-state index in [9.17, 15) is 9.90 Å². The molecule has 1 aromatic heterocycles. The normalized spacial score (nSPS) is 15.0. The largest absolute Gasteiger partial charge is 0.508 e. The van der Waals surface area contributed by atoms with Crippen LogP contribution in [0.5, 0.6) is 5.75 Å². The van der Waals surface area contributed by atoms with Crippen molar-refractivity contribution in [3.63, 3.8) is 0 Å². The summed E-state index contributed by atoms with van der Waals surface area (Å²) in [5, 5.41) is 14.5. The number of carbonyl (C=O) groups excluding carboxylic acids is 1. The second-order valence-electron chi connectivity index (χ2n) is 7.18. The Bertz CT molecular complexity index is 960. The van der Waals surface area contributed by atoms with Gasteiger partial charge in [-0.25, -0.2) is 0 Å². The molecule has 0 aliphatic carbocycles. The zero-order chi connectivity index (χ0) is 19.5. The summed E-state index contributed by atoms with van der Waals surface area (Å²) in [6, 6.07) is 15.0. The molecule has 3 aromatic rings. The Morgan fingerprint density at radius 2 is 1.82 bits per heavy atom. The summed E-state index contributed by atoms with van der Waals surface area (Å²) in [5.74, 6) is 0.729. The Kier molecular flexibility index (Phi) is 5.35. The highest BCUT2D eigenvalue weighted by Crippen LogP contribution is 2.29. The molecule has 6 heteroatoms. The molecule has 0 saturated carbocycles. The van der Waals surface area contributed by atoms with Crippen molar-refractivity contribution in [1.29, 1.82) is 0 Å². The van der Waals surface area contributed by atoms with E-state index in [4.69, 9.17) is 11.6 Å². The molecule has 0 unspecified atom stereocenters. The van der Waals surface area contributed by atoms with Gasteiger partial charge in [0.15, 0.2) is 0 Å². The fourth-order valence-electron chi connectivity index (χ4n) is 3.71. The summed E-state index contributed by atoms with van der Waals surface area (Å²) in [6.45, 7) is 1.98. The van der Waals surface area contributed by atoms with Crippen LogP contribution in [0.3, 0.4) is 0 Å². The minimum atomic E-state index is 0.0227. The van der Waals surface area contributed by atoms with Crippen LogP contribution in [0.2, 0.25) is 5.02 Å². The first-order valence-corrected chi connectivity index (χ1v) is 9.82. The van der Waals surface area contributed by atoms with Crippen LogP contribution in [0.4, 0.5) is 0 Å². The van der Waals surface area contributed by atoms with E-state index in [1.807, 2.05) is 41.3 Å². The van der Waals surface area contributed by atoms with Crippen LogP contribution < -0.4 is 0 Å². The highest BCUT2D eigenvalue weighted by molar-refractivity contribution is 6.31. The fourth-order valence-corrected chi connectivity index (χ4v) is 3.90. The van der Waals surface area contributed by atoms with Gasteiger partial charge < -0.3 is 10.0 Å². The number of nitrogens with zero attached hydrogens (tertiary/aromatic N) is 3. The van der Waals surface area contributed by atoms with Gasteiger partial charge in [-0.1, -0.05) is 41.9 Å². The predicted molar refractivity (Wildman–Crippen MR) is 109 cm³/mol. The second-order valence-corrected chi connectivity index (χ2v) is 7.58. The van der Waals surface area contributed by atoms with Gasteiger partial charge in [-0.3, -0.25) is 9.48 Å². The van der Waals surface area contributed by atoms with Crippen molar-refractivity contribution in [3.05, 3.63) is 82.6 Å². The molecular formula is C22H22ClN3O2. The lowest BCUT2D eigenvalue weighted by Crippen LogP contribution is -2.37. The smallest absolute Gasteiger partial charge is 0.257 e. The number of phenolic OH excluding ortho intramolecular Hbond substituents is 1. The molecular weight excluding hydrogens is 374 g/mol. The third-order valence-corrected chi connectivity index (χ3v) is 5.69. The van der Waals surface area contributed by atoms with Gasteiger partial charge in [0.2, 0.25) is 0 Å². The zero-order valence-corrected chi connectivity index (χ0v) is 16.2. The number of phenols is 1. The Morgan fingerprint density at radius 3 is 2.54 bits per heavy atom. The summed E-state index contributed by atoms with van der Waals surface area (Å²) in [4.78, 5) is 14.7. The molecule has 1 amide bonds. The number of amides is 1. The summed E-state index contributed by atoms with van der Waals surface area (Å²) in [5.41, 5.74) is 2.80. The van der Waals surface area contributed by atoms with Crippen molar-refractivity contribution >= 4 is 17.5 Å². The van der Waals surface area contributed by atoms with Gasteiger partial charge in [0.05, 0.1) is 18.3 Å². The number of rotatable bonds is 4. The lowest BCUT2D eigenvalue weighted by molar-refractivity contribution is 0.0713. The van der Waals surface area contributed by atoms with E-state index in [1.165, 1.54) is 5.56 Å². The van der Waals surface area contributed by atoms with Crippen LogP contribution >= 0.6 is 11.6 Å². The van der Waals surface area contributed by atoms with Crippen molar-refractivity contribution in [3.8, 4) is 5.75 Å². The second kappa shape index (κ2) is 8.07. The lowest BCUT2D eigenvalue weighted by atomic mass is 9.89. The number of halogens is 1. The molecule has 1 saturated heterocycles. The molecule has 1 aliphatic heterocycles. The molecule has 0 atom stereocenters. The standard InChI is InChI=1S/C22H22ClN3O2/c23-21-4-2-1-3-18(21)14-26-15-19(13-24-26)22(28)25-11-9-17(10-12-25)16-5-7-20(27)8-6-16/h1-8,13,15,17,27H,9-12,14H2. The lowest BCUT2D eigenvalue weighted by Gasteiger charge is -2.32. The summed E-state index contributed by atoms with van der Waals surface area (Å²) >= 11 is 6.21. The van der Waals surface area contributed by atoms with E-state index in [2.05, 4.69) is 5.10 Å². The van der Waals surface area contributed by atoms with Crippen LogP contribution in [0.15, 0.2) is 60.9 Å². The first kappa shape index (κ1) is 18.6. The Morgan fingerprint density at radius 1 is 1.11 bits per heavy atom. The number of carbonyl (C=O) groups is 1. The minimum absolute atomic E-state index is 0.0227. The van der Waals surface area contributed by atoms with E-state index >= 15 is 0 Å². The molecule has 28 heavy (non-hydrogen) atoms. The van der Waals surface area contributed by atoms with Crippen molar-refractivity contribution in [1.82, 2.24) is 14.7 Å². The van der Waals surface area contributed by atoms with Gasteiger partial charge in [0.25, 0.3) is 5.91 Å². The van der Waals surface area contributed by atoms with E-state index in [0.717, 1.165) is 31.5 Å². The van der Waals surface area contributed by atoms with Crippen molar-refractivity contribution in [2.24, 2.45) is 0 Å². The maximum Gasteiger partial charge on any atom is 0.257 e. The highest BCUT2D eigenvalue weighted by Gasteiger charge is 2.25. The summed E-state index contributed by atoms with van der Waals surface area (Å²) in [7, 11) is 0. The van der Waals surface area contributed by atoms with Crippen LogP contribution in [0, 0.1) is 0 Å². The van der Waals surface area contributed by atoms with E-state index in [0.29, 0.717) is 23.0 Å². The highest BCUT2D eigenvalue weighted by atomic mass is 35.5. The van der Waals surface area contributed by atoms with E-state index in [-0.39, 0.29) is 11.7 Å². The Labute approximate surface area is 169 Å². The van der Waals surface area contributed by atoms with Gasteiger partial charge in [-0.05, 0) is 48.1 Å². The number of likely N-dealkylation sites (tertiary alicyclic amines) is 1. The predicted octanol–water partition coefficient (Wildman–Crippen LogP) is 4.31. The molecule has 0 bridgehead atoms. The first-order chi connectivity index (χ1) is 13.6. The van der Waals surface area contributed by atoms with Crippen LogP contribution in [0.1, 0.15) is 40.2 Å². The SMILES string of the molecule is O=C(c1cnn(Cc2ccccc2Cl)c1)N1CCC(c2ccc(O)cc2)CC1. The Hall–Kier alpha value is -2.79. The average Bonchev–Trinajstić information content (AvgIpc) is 3.18. The van der Waals surface area contributed by atoms with Crippen molar-refractivity contribution in [2.45, 2.75) is 25.3 Å². The molecule has 5 nitrogen and oxygen atoms in total. The molecule has 2 aromatic carbocycles. The number of hydrogen-bond acceptors (Lipinski definition) is 3. The van der Waals surface area contributed by atoms with Crippen LogP contribution in [-0.4, -0.2) is 38.8 Å². The topological polar surface area (TPSA) is 58.4 Å². The Balaban J connectivity index is 1.37. The van der Waals surface area contributed by atoms with Gasteiger partial charge in [0.1, 0.15) is 5.75 Å². The van der Waals surface area contributed by atoms with Crippen molar-refractivity contribution in [2.75, 3.05) is 13.1 Å². The van der Waals surface area contributed by atoms with E-state index < -0.39 is 0 Å². The molecule has 1 aliphatic rings. The van der Waals surface area contributed by atoms with Gasteiger partial charge >= 0.3 is 0 Å². The maximum absolute atomic E-state index is 12.8. The van der Waals surface area contributed by atoms with Crippen LogP contribution in [0.25, 0.3) is 0 Å². The third-order valence-electron chi connectivity index (χ3n) is 5.32.